The van der Waals surface area contributed by atoms with Crippen LogP contribution in [0.25, 0.3) is 26.9 Å². The maximum Gasteiger partial charge on any atom is 0.228 e. The summed E-state index contributed by atoms with van der Waals surface area (Å²) in [6.07, 6.45) is 1.87. The molecule has 0 aliphatic rings. The zero-order valence-electron chi connectivity index (χ0n) is 11.1. The van der Waals surface area contributed by atoms with Gasteiger partial charge >= 0.3 is 0 Å². The molecule has 3 heterocycles. The Morgan fingerprint density at radius 1 is 1.19 bits per heavy atom. The maximum absolute atomic E-state index is 6.07. The third-order valence-electron chi connectivity index (χ3n) is 3.47. The van der Waals surface area contributed by atoms with E-state index < -0.39 is 0 Å². The summed E-state index contributed by atoms with van der Waals surface area (Å²) in [5.41, 5.74) is 2.58. The summed E-state index contributed by atoms with van der Waals surface area (Å²) in [4.78, 5) is 0. The van der Waals surface area contributed by atoms with E-state index in [0.717, 1.165) is 27.9 Å². The van der Waals surface area contributed by atoms with Gasteiger partial charge in [-0.15, -0.1) is 21.5 Å². The summed E-state index contributed by atoms with van der Waals surface area (Å²) >= 11 is 7.76. The van der Waals surface area contributed by atoms with Crippen molar-refractivity contribution in [1.29, 1.82) is 0 Å². The van der Waals surface area contributed by atoms with E-state index in [1.807, 2.05) is 24.4 Å². The number of nitrogens with zero attached hydrogens (tertiary/aromatic N) is 3. The van der Waals surface area contributed by atoms with Crippen LogP contribution < -0.4 is 4.74 Å². The lowest BCUT2D eigenvalue weighted by molar-refractivity contribution is 0.421. The van der Waals surface area contributed by atoms with E-state index in [9.17, 15) is 0 Å². The fraction of sp³-hybridized carbons (Fsp3) is 0.0667. The fourth-order valence-corrected chi connectivity index (χ4v) is 3.51. The molecule has 0 fully saturated rings. The standard InChI is InChI=1S/C15H10ClN3OS/c1-20-14-9-6-8-21-12(9)5-4-10(14)13-11-3-2-7-19(11)15(16)18-17-13/h2-8H,1H3. The lowest BCUT2D eigenvalue weighted by Gasteiger charge is -2.10. The Bertz CT molecular complexity index is 960. The number of rotatable bonds is 2. The molecule has 4 nitrogen and oxygen atoms in total. The van der Waals surface area contributed by atoms with E-state index in [1.165, 1.54) is 4.70 Å². The number of fused-ring (bicyclic) bond motifs is 2. The Morgan fingerprint density at radius 2 is 2.10 bits per heavy atom. The zero-order chi connectivity index (χ0) is 14.4. The van der Waals surface area contributed by atoms with E-state index in [2.05, 4.69) is 27.7 Å². The molecule has 0 unspecified atom stereocenters. The quantitative estimate of drug-likeness (QED) is 0.554. The molecule has 0 bridgehead atoms. The molecule has 6 heteroatoms. The van der Waals surface area contributed by atoms with E-state index in [4.69, 9.17) is 16.3 Å². The first-order chi connectivity index (χ1) is 10.3. The third-order valence-corrected chi connectivity index (χ3v) is 4.61. The molecule has 0 spiro atoms. The van der Waals surface area contributed by atoms with Crippen molar-refractivity contribution in [3.05, 3.63) is 47.2 Å². The minimum Gasteiger partial charge on any atom is -0.495 e. The Kier molecular flexibility index (Phi) is 2.83. The first kappa shape index (κ1) is 12.6. The van der Waals surface area contributed by atoms with Crippen LogP contribution in [0.4, 0.5) is 0 Å². The van der Waals surface area contributed by atoms with Crippen LogP contribution in [-0.4, -0.2) is 21.7 Å². The zero-order valence-corrected chi connectivity index (χ0v) is 12.6. The highest BCUT2D eigenvalue weighted by atomic mass is 35.5. The second kappa shape index (κ2) is 4.72. The number of aromatic nitrogens is 3. The minimum atomic E-state index is 0.342. The van der Waals surface area contributed by atoms with Crippen molar-refractivity contribution in [3.8, 4) is 17.0 Å². The van der Waals surface area contributed by atoms with Crippen LogP contribution in [0.5, 0.6) is 5.75 Å². The van der Waals surface area contributed by atoms with E-state index >= 15 is 0 Å². The van der Waals surface area contributed by atoms with Crippen LogP contribution in [0.2, 0.25) is 5.28 Å². The summed E-state index contributed by atoms with van der Waals surface area (Å²) in [6, 6.07) is 10.0. The second-order valence-corrected chi connectivity index (χ2v) is 5.85. The van der Waals surface area contributed by atoms with E-state index in [1.54, 1.807) is 22.8 Å². The van der Waals surface area contributed by atoms with Gasteiger partial charge in [-0.1, -0.05) is 0 Å². The molecular weight excluding hydrogens is 306 g/mol. The van der Waals surface area contributed by atoms with Gasteiger partial charge in [-0.3, -0.25) is 4.40 Å². The summed E-state index contributed by atoms with van der Waals surface area (Å²) in [6.45, 7) is 0. The summed E-state index contributed by atoms with van der Waals surface area (Å²) in [5, 5.41) is 11.8. The summed E-state index contributed by atoms with van der Waals surface area (Å²) < 4.78 is 8.61. The van der Waals surface area contributed by atoms with Gasteiger partial charge in [0.2, 0.25) is 5.28 Å². The van der Waals surface area contributed by atoms with Crippen molar-refractivity contribution < 1.29 is 4.74 Å². The average molecular weight is 316 g/mol. The molecule has 0 aliphatic carbocycles. The number of thiophene rings is 1. The molecule has 0 saturated heterocycles. The smallest absolute Gasteiger partial charge is 0.228 e. The van der Waals surface area contributed by atoms with E-state index in [0.29, 0.717) is 5.28 Å². The van der Waals surface area contributed by atoms with Crippen molar-refractivity contribution in [2.45, 2.75) is 0 Å². The Hall–Kier alpha value is -2.11. The Labute approximate surface area is 129 Å². The Balaban J connectivity index is 2.08. The highest BCUT2D eigenvalue weighted by molar-refractivity contribution is 7.17. The van der Waals surface area contributed by atoms with Crippen LogP contribution in [0.15, 0.2) is 41.9 Å². The molecule has 4 rings (SSSR count). The number of hydrogen-bond donors (Lipinski definition) is 0. The SMILES string of the molecule is COc1c(-c2nnc(Cl)n3cccc23)ccc2sccc12. The molecule has 4 aromatic rings. The van der Waals surface area contributed by atoms with Gasteiger partial charge in [0.1, 0.15) is 11.4 Å². The van der Waals surface area contributed by atoms with Gasteiger partial charge in [-0.05, 0) is 47.3 Å². The van der Waals surface area contributed by atoms with Crippen LogP contribution >= 0.6 is 22.9 Å². The average Bonchev–Trinajstić information content (AvgIpc) is 3.15. The van der Waals surface area contributed by atoms with E-state index in [-0.39, 0.29) is 0 Å². The van der Waals surface area contributed by atoms with Gasteiger partial charge in [0.15, 0.2) is 0 Å². The molecule has 21 heavy (non-hydrogen) atoms. The topological polar surface area (TPSA) is 39.4 Å². The predicted molar refractivity (Wildman–Crippen MR) is 85.4 cm³/mol. The van der Waals surface area contributed by atoms with Crippen LogP contribution in [0.1, 0.15) is 0 Å². The minimum absolute atomic E-state index is 0.342. The first-order valence-electron chi connectivity index (χ1n) is 6.33. The number of methoxy groups -OCH3 is 1. The van der Waals surface area contributed by atoms with Crippen LogP contribution in [0, 0.1) is 0 Å². The molecule has 0 aliphatic heterocycles. The van der Waals surface area contributed by atoms with Gasteiger partial charge in [-0.25, -0.2) is 0 Å². The molecule has 104 valence electrons. The molecule has 3 aromatic heterocycles. The van der Waals surface area contributed by atoms with Gasteiger partial charge in [0, 0.05) is 21.8 Å². The van der Waals surface area contributed by atoms with Crippen molar-refractivity contribution >= 4 is 38.5 Å². The highest BCUT2D eigenvalue weighted by Gasteiger charge is 2.16. The molecule has 0 N–H and O–H groups in total. The summed E-state index contributed by atoms with van der Waals surface area (Å²) in [5.74, 6) is 0.813. The number of benzene rings is 1. The second-order valence-electron chi connectivity index (χ2n) is 4.56. The number of halogens is 1. The number of hydrogen-bond acceptors (Lipinski definition) is 4. The highest BCUT2D eigenvalue weighted by Crippen LogP contribution is 2.39. The molecule has 0 saturated carbocycles. The fourth-order valence-electron chi connectivity index (χ4n) is 2.54. The monoisotopic (exact) mass is 315 g/mol. The predicted octanol–water partition coefficient (Wildman–Crippen LogP) is 4.27. The van der Waals surface area contributed by atoms with Crippen molar-refractivity contribution in [2.24, 2.45) is 0 Å². The largest absolute Gasteiger partial charge is 0.495 e. The van der Waals surface area contributed by atoms with Crippen LogP contribution in [0.3, 0.4) is 0 Å². The lowest BCUT2D eigenvalue weighted by Crippen LogP contribution is -1.98. The lowest BCUT2D eigenvalue weighted by atomic mass is 10.1. The normalized spacial score (nSPS) is 11.3. The Morgan fingerprint density at radius 3 is 2.95 bits per heavy atom. The van der Waals surface area contributed by atoms with Crippen molar-refractivity contribution in [1.82, 2.24) is 14.6 Å². The van der Waals surface area contributed by atoms with Crippen molar-refractivity contribution in [2.75, 3.05) is 7.11 Å². The van der Waals surface area contributed by atoms with Crippen molar-refractivity contribution in [3.63, 3.8) is 0 Å². The van der Waals surface area contributed by atoms with Gasteiger partial charge < -0.3 is 4.74 Å². The molecule has 1 aromatic carbocycles. The maximum atomic E-state index is 6.07. The summed E-state index contributed by atoms with van der Waals surface area (Å²) in [7, 11) is 1.68. The van der Waals surface area contributed by atoms with Crippen LogP contribution in [-0.2, 0) is 0 Å². The van der Waals surface area contributed by atoms with Gasteiger partial charge in [0.25, 0.3) is 0 Å². The van der Waals surface area contributed by atoms with Gasteiger partial charge in [-0.2, -0.15) is 0 Å². The number of ether oxygens (including phenoxy) is 1. The third kappa shape index (κ3) is 1.81. The molecule has 0 atom stereocenters. The molecule has 0 radical (unpaired) electrons. The van der Waals surface area contributed by atoms with Gasteiger partial charge in [0.05, 0.1) is 12.6 Å². The molecule has 0 amide bonds. The first-order valence-corrected chi connectivity index (χ1v) is 7.59. The molecular formula is C15H10ClN3OS.